The third kappa shape index (κ3) is 5.81. The molecule has 0 fully saturated rings. The van der Waals surface area contributed by atoms with Crippen molar-refractivity contribution in [3.63, 3.8) is 0 Å². The molecule has 0 unspecified atom stereocenters. The fourth-order valence-corrected chi connectivity index (χ4v) is 3.04. The SMILES string of the molecule is CC(C)(CC(=O)[O-])Oc1ncc(-c2ccc(Nc3nc4ccccc4[nH]3)cc2)cn1.[Na+]. The molecule has 0 spiro atoms. The largest absolute Gasteiger partial charge is 1.00 e. The predicted molar refractivity (Wildman–Crippen MR) is 111 cm³/mol. The van der Waals surface area contributed by atoms with E-state index in [4.69, 9.17) is 4.74 Å². The quantitative estimate of drug-likeness (QED) is 0.403. The molecule has 0 saturated carbocycles. The number of aromatic amines is 1. The van der Waals surface area contributed by atoms with Gasteiger partial charge in [-0.2, -0.15) is 0 Å². The van der Waals surface area contributed by atoms with Crippen LogP contribution in [0.4, 0.5) is 11.6 Å². The van der Waals surface area contributed by atoms with Crippen LogP contribution in [0.15, 0.2) is 60.9 Å². The van der Waals surface area contributed by atoms with Gasteiger partial charge in [-0.15, -0.1) is 0 Å². The monoisotopic (exact) mass is 425 g/mol. The van der Waals surface area contributed by atoms with Gasteiger partial charge in [0, 0.05) is 36.0 Å². The number of nitrogens with zero attached hydrogens (tertiary/aromatic N) is 3. The predicted octanol–water partition coefficient (Wildman–Crippen LogP) is 0.0649. The minimum atomic E-state index is -1.19. The van der Waals surface area contributed by atoms with Crippen LogP contribution in [0.3, 0.4) is 0 Å². The topological polar surface area (TPSA) is 116 Å². The van der Waals surface area contributed by atoms with E-state index in [1.807, 2.05) is 48.5 Å². The molecule has 0 aliphatic carbocycles. The number of carbonyl (C=O) groups is 1. The molecule has 8 nitrogen and oxygen atoms in total. The molecule has 4 aromatic rings. The zero-order chi connectivity index (χ0) is 21.1. The van der Waals surface area contributed by atoms with Crippen molar-refractivity contribution in [2.45, 2.75) is 25.9 Å². The number of H-pyrrole nitrogens is 1. The van der Waals surface area contributed by atoms with Gasteiger partial charge in [0.25, 0.3) is 0 Å². The Hall–Kier alpha value is -2.94. The summed E-state index contributed by atoms with van der Waals surface area (Å²) in [6, 6.07) is 15.7. The number of nitrogens with one attached hydrogen (secondary N) is 2. The van der Waals surface area contributed by atoms with Crippen LogP contribution in [0.2, 0.25) is 0 Å². The fraction of sp³-hybridized carbons (Fsp3) is 0.182. The number of ether oxygens (including phenoxy) is 1. The summed E-state index contributed by atoms with van der Waals surface area (Å²) in [5.41, 5.74) is 3.56. The van der Waals surface area contributed by atoms with Crippen LogP contribution in [0.5, 0.6) is 6.01 Å². The van der Waals surface area contributed by atoms with Crippen LogP contribution in [0.25, 0.3) is 22.2 Å². The Labute approximate surface area is 201 Å². The molecule has 0 amide bonds. The molecule has 2 N–H and O–H groups in total. The van der Waals surface area contributed by atoms with Gasteiger partial charge in [-0.1, -0.05) is 24.3 Å². The van der Waals surface area contributed by atoms with Crippen LogP contribution in [-0.2, 0) is 4.79 Å². The smallest absolute Gasteiger partial charge is 0.550 e. The number of benzene rings is 2. The first kappa shape index (κ1) is 22.7. The molecule has 0 aliphatic rings. The third-order valence-electron chi connectivity index (χ3n) is 4.44. The van der Waals surface area contributed by atoms with Gasteiger partial charge in [0.2, 0.25) is 5.95 Å². The van der Waals surface area contributed by atoms with Crippen LogP contribution in [0, 0.1) is 0 Å². The molecule has 0 atom stereocenters. The van der Waals surface area contributed by atoms with Crippen LogP contribution in [-0.4, -0.2) is 31.5 Å². The normalized spacial score (nSPS) is 11.0. The van der Waals surface area contributed by atoms with Crippen molar-refractivity contribution in [2.24, 2.45) is 0 Å². The van der Waals surface area contributed by atoms with Crippen LogP contribution < -0.4 is 44.7 Å². The number of fused-ring (bicyclic) bond motifs is 1. The van der Waals surface area contributed by atoms with Crippen molar-refractivity contribution in [3.8, 4) is 17.1 Å². The Morgan fingerprint density at radius 1 is 1.06 bits per heavy atom. The molecule has 2 aromatic carbocycles. The number of hydrogen-bond acceptors (Lipinski definition) is 7. The van der Waals surface area contributed by atoms with Gasteiger partial charge < -0.3 is 24.9 Å². The Bertz CT molecular complexity index is 1140. The molecule has 4 rings (SSSR count). The summed E-state index contributed by atoms with van der Waals surface area (Å²) in [6.07, 6.45) is 3.02. The van der Waals surface area contributed by atoms with Gasteiger partial charge >= 0.3 is 35.6 Å². The summed E-state index contributed by atoms with van der Waals surface area (Å²) in [6.45, 7) is 3.29. The molecule has 9 heteroatoms. The maximum Gasteiger partial charge on any atom is 1.00 e. The van der Waals surface area contributed by atoms with Crippen molar-refractivity contribution < 1.29 is 44.2 Å². The molecular formula is C22H20N5NaO3. The summed E-state index contributed by atoms with van der Waals surface area (Å²) in [5, 5.41) is 14.0. The maximum atomic E-state index is 10.8. The fourth-order valence-electron chi connectivity index (χ4n) is 3.04. The number of carboxylic acid groups (broad SMARTS) is 1. The third-order valence-corrected chi connectivity index (χ3v) is 4.44. The van der Waals surface area contributed by atoms with Crippen molar-refractivity contribution in [3.05, 3.63) is 60.9 Å². The summed E-state index contributed by atoms with van der Waals surface area (Å²) < 4.78 is 5.55. The Kier molecular flexibility index (Phi) is 6.94. The molecule has 2 heterocycles. The zero-order valence-corrected chi connectivity index (χ0v) is 19.5. The molecular weight excluding hydrogens is 405 g/mol. The van der Waals surface area contributed by atoms with Crippen molar-refractivity contribution >= 4 is 28.6 Å². The van der Waals surface area contributed by atoms with E-state index >= 15 is 0 Å². The van der Waals surface area contributed by atoms with Gasteiger partial charge in [0.1, 0.15) is 5.60 Å². The van der Waals surface area contributed by atoms with E-state index < -0.39 is 11.6 Å². The first-order valence-electron chi connectivity index (χ1n) is 9.41. The van der Waals surface area contributed by atoms with E-state index in [0.29, 0.717) is 5.95 Å². The average Bonchev–Trinajstić information content (AvgIpc) is 3.10. The van der Waals surface area contributed by atoms with E-state index in [2.05, 4.69) is 25.3 Å². The van der Waals surface area contributed by atoms with Crippen molar-refractivity contribution in [1.29, 1.82) is 0 Å². The molecule has 152 valence electrons. The first-order valence-corrected chi connectivity index (χ1v) is 9.41. The van der Waals surface area contributed by atoms with Gasteiger partial charge in [-0.05, 0) is 43.7 Å². The molecule has 0 radical (unpaired) electrons. The van der Waals surface area contributed by atoms with Crippen LogP contribution in [0.1, 0.15) is 20.3 Å². The number of para-hydroxylation sites is 2. The number of aliphatic carboxylic acids is 1. The Balaban J connectivity index is 0.00000272. The maximum absolute atomic E-state index is 10.8. The number of hydrogen-bond donors (Lipinski definition) is 2. The average molecular weight is 425 g/mol. The number of carboxylic acids is 1. The molecule has 2 aromatic heterocycles. The number of imidazole rings is 1. The van der Waals surface area contributed by atoms with Gasteiger partial charge in [0.05, 0.1) is 11.0 Å². The summed E-state index contributed by atoms with van der Waals surface area (Å²) in [7, 11) is 0. The minimum Gasteiger partial charge on any atom is -0.550 e. The van der Waals surface area contributed by atoms with Crippen LogP contribution >= 0.6 is 0 Å². The van der Waals surface area contributed by atoms with Gasteiger partial charge in [-0.25, -0.2) is 15.0 Å². The standard InChI is InChI=1S/C22H21N5O3.Na/c1-22(2,11-19(28)29)30-21-23-12-15(13-24-21)14-7-9-16(10-8-14)25-20-26-17-5-3-4-6-18(17)27-20;/h3-10,12-13H,11H2,1-2H3,(H,28,29)(H2,25,26,27);/q;+1/p-1. The summed E-state index contributed by atoms with van der Waals surface area (Å²) in [5.74, 6) is -0.513. The number of carbonyl (C=O) groups excluding carboxylic acids is 1. The second-order valence-electron chi connectivity index (χ2n) is 7.47. The molecule has 0 bridgehead atoms. The second-order valence-corrected chi connectivity index (χ2v) is 7.47. The van der Waals surface area contributed by atoms with E-state index in [0.717, 1.165) is 27.8 Å². The van der Waals surface area contributed by atoms with Gasteiger partial charge in [0.15, 0.2) is 0 Å². The Morgan fingerprint density at radius 3 is 2.39 bits per heavy atom. The minimum absolute atomic E-state index is 0. The van der Waals surface area contributed by atoms with E-state index in [9.17, 15) is 9.90 Å². The second kappa shape index (κ2) is 9.47. The number of anilines is 2. The van der Waals surface area contributed by atoms with E-state index in [1.165, 1.54) is 0 Å². The molecule has 0 aliphatic heterocycles. The molecule has 31 heavy (non-hydrogen) atoms. The molecule has 0 saturated heterocycles. The van der Waals surface area contributed by atoms with E-state index in [1.54, 1.807) is 26.2 Å². The Morgan fingerprint density at radius 2 is 1.74 bits per heavy atom. The summed E-state index contributed by atoms with van der Waals surface area (Å²) >= 11 is 0. The van der Waals surface area contributed by atoms with E-state index in [-0.39, 0.29) is 42.0 Å². The van der Waals surface area contributed by atoms with Crippen molar-refractivity contribution in [2.75, 3.05) is 5.32 Å². The zero-order valence-electron chi connectivity index (χ0n) is 17.5. The summed E-state index contributed by atoms with van der Waals surface area (Å²) in [4.78, 5) is 26.9. The van der Waals surface area contributed by atoms with Gasteiger partial charge in [-0.3, -0.25) is 0 Å². The first-order chi connectivity index (χ1) is 14.4. The van der Waals surface area contributed by atoms with Crippen molar-refractivity contribution in [1.82, 2.24) is 19.9 Å². The number of aromatic nitrogens is 4. The number of rotatable bonds is 7.